The first-order valence-electron chi connectivity index (χ1n) is 7.32. The second-order valence-corrected chi connectivity index (χ2v) is 5.27. The van der Waals surface area contributed by atoms with Gasteiger partial charge < -0.3 is 10.1 Å². The molecule has 0 unspecified atom stereocenters. The van der Waals surface area contributed by atoms with E-state index in [0.717, 1.165) is 29.0 Å². The molecule has 0 atom stereocenters. The van der Waals surface area contributed by atoms with E-state index in [1.807, 2.05) is 32.0 Å². The molecule has 2 aromatic rings. The number of hydrogen-bond acceptors (Lipinski definition) is 2. The molecule has 1 N–H and O–H groups in total. The molecule has 2 rings (SSSR count). The van der Waals surface area contributed by atoms with Crippen molar-refractivity contribution in [3.63, 3.8) is 0 Å². The van der Waals surface area contributed by atoms with Crippen LogP contribution in [0.1, 0.15) is 30.0 Å². The summed E-state index contributed by atoms with van der Waals surface area (Å²) in [4.78, 5) is 0. The van der Waals surface area contributed by atoms with Crippen molar-refractivity contribution >= 4 is 5.69 Å². The normalized spacial score (nSPS) is 10.5. The van der Waals surface area contributed by atoms with Gasteiger partial charge in [-0.1, -0.05) is 19.1 Å². The third-order valence-corrected chi connectivity index (χ3v) is 3.37. The van der Waals surface area contributed by atoms with E-state index in [0.29, 0.717) is 13.2 Å². The Hall–Kier alpha value is -2.03. The number of halogens is 1. The van der Waals surface area contributed by atoms with Gasteiger partial charge in [-0.3, -0.25) is 0 Å². The summed E-state index contributed by atoms with van der Waals surface area (Å²) < 4.78 is 18.9. The van der Waals surface area contributed by atoms with E-state index in [-0.39, 0.29) is 5.82 Å². The van der Waals surface area contributed by atoms with Gasteiger partial charge in [0.05, 0.1) is 12.3 Å². The molecule has 0 aliphatic rings. The van der Waals surface area contributed by atoms with Gasteiger partial charge in [0.25, 0.3) is 0 Å². The van der Waals surface area contributed by atoms with Crippen LogP contribution in [0.4, 0.5) is 10.1 Å². The Balaban J connectivity index is 2.11. The first kappa shape index (κ1) is 15.4. The third kappa shape index (κ3) is 4.22. The van der Waals surface area contributed by atoms with Gasteiger partial charge >= 0.3 is 0 Å². The molecule has 0 aliphatic heterocycles. The number of aryl methyl sites for hydroxylation is 2. The topological polar surface area (TPSA) is 21.3 Å². The lowest BCUT2D eigenvalue weighted by Crippen LogP contribution is -2.05. The van der Waals surface area contributed by atoms with Crippen LogP contribution in [-0.4, -0.2) is 6.61 Å². The fourth-order valence-electron chi connectivity index (χ4n) is 2.16. The molecule has 2 aromatic carbocycles. The van der Waals surface area contributed by atoms with Crippen LogP contribution in [0, 0.1) is 19.7 Å². The first-order valence-corrected chi connectivity index (χ1v) is 7.32. The molecule has 0 saturated heterocycles. The van der Waals surface area contributed by atoms with E-state index in [2.05, 4.69) is 18.3 Å². The highest BCUT2D eigenvalue weighted by atomic mass is 19.1. The molecule has 0 aromatic heterocycles. The summed E-state index contributed by atoms with van der Waals surface area (Å²) >= 11 is 0. The van der Waals surface area contributed by atoms with Crippen molar-refractivity contribution in [1.82, 2.24) is 0 Å². The van der Waals surface area contributed by atoms with Crippen LogP contribution in [0.5, 0.6) is 5.75 Å². The van der Waals surface area contributed by atoms with Crippen LogP contribution in [-0.2, 0) is 6.54 Å². The van der Waals surface area contributed by atoms with Gasteiger partial charge in [0, 0.05) is 6.54 Å². The zero-order valence-electron chi connectivity index (χ0n) is 12.9. The Morgan fingerprint density at radius 3 is 2.62 bits per heavy atom. The number of benzene rings is 2. The zero-order chi connectivity index (χ0) is 15.2. The fraction of sp³-hybridized carbons (Fsp3) is 0.333. The Bertz CT molecular complexity index is 610. The molecular formula is C18H22FNO. The smallest absolute Gasteiger partial charge is 0.142 e. The Kier molecular flexibility index (Phi) is 5.20. The van der Waals surface area contributed by atoms with Crippen molar-refractivity contribution in [3.05, 3.63) is 58.9 Å². The minimum atomic E-state index is -0.196. The SMILES string of the molecule is CCCOc1cc(C)ccc1NCc1ccc(F)cc1C. The van der Waals surface area contributed by atoms with Crippen LogP contribution in [0.25, 0.3) is 0 Å². The first-order chi connectivity index (χ1) is 10.1. The van der Waals surface area contributed by atoms with Crippen molar-refractivity contribution in [2.24, 2.45) is 0 Å². The summed E-state index contributed by atoms with van der Waals surface area (Å²) in [6, 6.07) is 11.0. The monoisotopic (exact) mass is 287 g/mol. The van der Waals surface area contributed by atoms with Crippen LogP contribution in [0.2, 0.25) is 0 Å². The summed E-state index contributed by atoms with van der Waals surface area (Å²) in [6.45, 7) is 7.41. The number of hydrogen-bond donors (Lipinski definition) is 1. The molecule has 0 bridgehead atoms. The predicted molar refractivity (Wildman–Crippen MR) is 85.4 cm³/mol. The summed E-state index contributed by atoms with van der Waals surface area (Å²) in [5.74, 6) is 0.676. The Morgan fingerprint density at radius 1 is 1.10 bits per heavy atom. The van der Waals surface area contributed by atoms with Crippen LogP contribution in [0.3, 0.4) is 0 Å². The minimum Gasteiger partial charge on any atom is -0.491 e. The Morgan fingerprint density at radius 2 is 1.90 bits per heavy atom. The molecule has 3 heteroatoms. The second-order valence-electron chi connectivity index (χ2n) is 5.27. The maximum Gasteiger partial charge on any atom is 0.142 e. The summed E-state index contributed by atoms with van der Waals surface area (Å²) in [5, 5.41) is 3.38. The number of anilines is 1. The molecule has 0 spiro atoms. The van der Waals surface area contributed by atoms with Gasteiger partial charge in [0.1, 0.15) is 11.6 Å². The van der Waals surface area contributed by atoms with E-state index in [1.54, 1.807) is 6.07 Å². The van der Waals surface area contributed by atoms with E-state index in [4.69, 9.17) is 4.74 Å². The van der Waals surface area contributed by atoms with Gasteiger partial charge in [0.2, 0.25) is 0 Å². The molecular weight excluding hydrogens is 265 g/mol. The van der Waals surface area contributed by atoms with Crippen LogP contribution in [0.15, 0.2) is 36.4 Å². The lowest BCUT2D eigenvalue weighted by molar-refractivity contribution is 0.318. The highest BCUT2D eigenvalue weighted by molar-refractivity contribution is 5.58. The van der Waals surface area contributed by atoms with Gasteiger partial charge in [0.15, 0.2) is 0 Å². The predicted octanol–water partition coefficient (Wildman–Crippen LogP) is 4.84. The Labute approximate surface area is 126 Å². The van der Waals surface area contributed by atoms with Crippen LogP contribution >= 0.6 is 0 Å². The quantitative estimate of drug-likeness (QED) is 0.820. The lowest BCUT2D eigenvalue weighted by Gasteiger charge is -2.14. The standard InChI is InChI=1S/C18H22FNO/c1-4-9-21-18-10-13(2)5-8-17(18)20-12-15-6-7-16(19)11-14(15)3/h5-8,10-11,20H,4,9,12H2,1-3H3. The van der Waals surface area contributed by atoms with Crippen molar-refractivity contribution in [2.75, 3.05) is 11.9 Å². The summed E-state index contributed by atoms with van der Waals surface area (Å²) in [5.41, 5.74) is 4.17. The van der Waals surface area contributed by atoms with Crippen molar-refractivity contribution in [3.8, 4) is 5.75 Å². The van der Waals surface area contributed by atoms with Crippen molar-refractivity contribution < 1.29 is 9.13 Å². The molecule has 0 amide bonds. The number of rotatable bonds is 6. The fourth-order valence-corrected chi connectivity index (χ4v) is 2.16. The number of ether oxygens (including phenoxy) is 1. The molecule has 0 aliphatic carbocycles. The van der Waals surface area contributed by atoms with Crippen LogP contribution < -0.4 is 10.1 Å². The summed E-state index contributed by atoms with van der Waals surface area (Å²) in [7, 11) is 0. The van der Waals surface area contributed by atoms with Gasteiger partial charge in [-0.05, 0) is 61.2 Å². The molecule has 112 valence electrons. The third-order valence-electron chi connectivity index (χ3n) is 3.37. The molecule has 0 heterocycles. The number of nitrogens with one attached hydrogen (secondary N) is 1. The molecule has 0 saturated carbocycles. The molecule has 0 fully saturated rings. The highest BCUT2D eigenvalue weighted by Crippen LogP contribution is 2.26. The summed E-state index contributed by atoms with van der Waals surface area (Å²) in [6.07, 6.45) is 0.977. The highest BCUT2D eigenvalue weighted by Gasteiger charge is 2.05. The zero-order valence-corrected chi connectivity index (χ0v) is 12.9. The maximum atomic E-state index is 13.1. The van der Waals surface area contributed by atoms with E-state index >= 15 is 0 Å². The lowest BCUT2D eigenvalue weighted by atomic mass is 10.1. The van der Waals surface area contributed by atoms with E-state index in [1.165, 1.54) is 11.6 Å². The van der Waals surface area contributed by atoms with Crippen molar-refractivity contribution in [2.45, 2.75) is 33.7 Å². The van der Waals surface area contributed by atoms with Gasteiger partial charge in [-0.2, -0.15) is 0 Å². The average Bonchev–Trinajstić information content (AvgIpc) is 2.45. The van der Waals surface area contributed by atoms with E-state index < -0.39 is 0 Å². The molecule has 2 nitrogen and oxygen atoms in total. The molecule has 21 heavy (non-hydrogen) atoms. The van der Waals surface area contributed by atoms with Crippen molar-refractivity contribution in [1.29, 1.82) is 0 Å². The second kappa shape index (κ2) is 7.11. The largest absolute Gasteiger partial charge is 0.491 e. The molecule has 0 radical (unpaired) electrons. The average molecular weight is 287 g/mol. The minimum absolute atomic E-state index is 0.196. The van der Waals surface area contributed by atoms with Gasteiger partial charge in [-0.25, -0.2) is 4.39 Å². The van der Waals surface area contributed by atoms with Gasteiger partial charge in [-0.15, -0.1) is 0 Å². The van der Waals surface area contributed by atoms with E-state index in [9.17, 15) is 4.39 Å². The maximum absolute atomic E-state index is 13.1.